The number of nitrogens with one attached hydrogen (secondary N) is 1. The summed E-state index contributed by atoms with van der Waals surface area (Å²) in [4.78, 5) is 24.3. The lowest BCUT2D eigenvalue weighted by atomic mass is 10.1. The number of amides is 1. The van der Waals surface area contributed by atoms with E-state index in [0.717, 1.165) is 10.8 Å². The van der Waals surface area contributed by atoms with Crippen molar-refractivity contribution in [2.75, 3.05) is 5.32 Å². The Morgan fingerprint density at radius 1 is 0.960 bits per heavy atom. The van der Waals surface area contributed by atoms with Gasteiger partial charge in [-0.15, -0.1) is 0 Å². The zero-order valence-corrected chi connectivity index (χ0v) is 13.6. The maximum absolute atomic E-state index is 12.2. The minimum absolute atomic E-state index is 0.0212. The van der Waals surface area contributed by atoms with E-state index in [1.807, 2.05) is 36.4 Å². The molecule has 0 radical (unpaired) electrons. The van der Waals surface area contributed by atoms with Crippen molar-refractivity contribution in [3.63, 3.8) is 0 Å². The van der Waals surface area contributed by atoms with Crippen LogP contribution in [-0.4, -0.2) is 23.1 Å². The molecular formula is C20H17NO4. The number of carbonyl (C=O) groups excluding carboxylic acids is 2. The van der Waals surface area contributed by atoms with E-state index in [9.17, 15) is 14.7 Å². The number of ether oxygens (including phenoxy) is 1. The minimum Gasteiger partial charge on any atom is -0.507 e. The Labute approximate surface area is 144 Å². The van der Waals surface area contributed by atoms with Gasteiger partial charge in [-0.05, 0) is 42.0 Å². The number of hydrogen-bond donors (Lipinski definition) is 2. The molecule has 0 aliphatic rings. The van der Waals surface area contributed by atoms with Crippen molar-refractivity contribution in [1.82, 2.24) is 0 Å². The van der Waals surface area contributed by atoms with Crippen LogP contribution in [0.1, 0.15) is 17.3 Å². The van der Waals surface area contributed by atoms with Crippen LogP contribution in [0, 0.1) is 0 Å². The van der Waals surface area contributed by atoms with Gasteiger partial charge in [0.05, 0.1) is 0 Å². The van der Waals surface area contributed by atoms with Crippen molar-refractivity contribution in [2.45, 2.75) is 13.0 Å². The van der Waals surface area contributed by atoms with E-state index in [0.29, 0.717) is 5.69 Å². The molecule has 2 N–H and O–H groups in total. The van der Waals surface area contributed by atoms with Crippen LogP contribution in [0.15, 0.2) is 66.7 Å². The van der Waals surface area contributed by atoms with Gasteiger partial charge >= 0.3 is 5.97 Å². The largest absolute Gasteiger partial charge is 0.507 e. The predicted octanol–water partition coefficient (Wildman–Crippen LogP) is 3.73. The molecule has 0 spiro atoms. The van der Waals surface area contributed by atoms with Gasteiger partial charge in [0.15, 0.2) is 6.10 Å². The fraction of sp³-hybridized carbons (Fsp3) is 0.100. The Hall–Kier alpha value is -3.34. The van der Waals surface area contributed by atoms with Crippen molar-refractivity contribution in [2.24, 2.45) is 0 Å². The van der Waals surface area contributed by atoms with Gasteiger partial charge in [0.25, 0.3) is 5.91 Å². The van der Waals surface area contributed by atoms with Crippen LogP contribution in [0.3, 0.4) is 0 Å². The van der Waals surface area contributed by atoms with Crippen molar-refractivity contribution < 1.29 is 19.4 Å². The highest BCUT2D eigenvalue weighted by Gasteiger charge is 2.20. The fourth-order valence-corrected chi connectivity index (χ4v) is 2.43. The number of hydrogen-bond acceptors (Lipinski definition) is 4. The first-order valence-electron chi connectivity index (χ1n) is 7.83. The SMILES string of the molecule is C[C@@H](OC(=O)c1ccccc1O)C(=O)Nc1ccc2ccccc2c1. The molecule has 126 valence electrons. The summed E-state index contributed by atoms with van der Waals surface area (Å²) < 4.78 is 5.13. The highest BCUT2D eigenvalue weighted by Crippen LogP contribution is 2.20. The van der Waals surface area contributed by atoms with Crippen LogP contribution in [0.4, 0.5) is 5.69 Å². The van der Waals surface area contributed by atoms with Crippen molar-refractivity contribution in [3.8, 4) is 5.75 Å². The Balaban J connectivity index is 1.67. The van der Waals surface area contributed by atoms with Crippen LogP contribution >= 0.6 is 0 Å². The number of rotatable bonds is 4. The minimum atomic E-state index is -1.00. The van der Waals surface area contributed by atoms with E-state index in [1.165, 1.54) is 19.1 Å². The molecule has 1 amide bonds. The summed E-state index contributed by atoms with van der Waals surface area (Å²) in [6.45, 7) is 1.48. The molecule has 0 saturated heterocycles. The molecule has 5 nitrogen and oxygen atoms in total. The van der Waals surface area contributed by atoms with E-state index in [1.54, 1.807) is 18.2 Å². The summed E-state index contributed by atoms with van der Waals surface area (Å²) in [5, 5.41) is 14.5. The van der Waals surface area contributed by atoms with E-state index in [-0.39, 0.29) is 11.3 Å². The molecule has 0 unspecified atom stereocenters. The molecule has 0 aliphatic carbocycles. The van der Waals surface area contributed by atoms with Gasteiger partial charge in [0.2, 0.25) is 0 Å². The topological polar surface area (TPSA) is 75.6 Å². The summed E-state index contributed by atoms with van der Waals surface area (Å²) in [5.74, 6) is -1.38. The first kappa shape index (κ1) is 16.5. The lowest BCUT2D eigenvalue weighted by Gasteiger charge is -2.14. The fourth-order valence-electron chi connectivity index (χ4n) is 2.43. The molecule has 3 rings (SSSR count). The molecule has 3 aromatic carbocycles. The maximum Gasteiger partial charge on any atom is 0.342 e. The zero-order valence-electron chi connectivity index (χ0n) is 13.6. The van der Waals surface area contributed by atoms with Gasteiger partial charge in [-0.2, -0.15) is 0 Å². The van der Waals surface area contributed by atoms with Crippen LogP contribution in [0.25, 0.3) is 10.8 Å². The highest BCUT2D eigenvalue weighted by atomic mass is 16.5. The van der Waals surface area contributed by atoms with Gasteiger partial charge in [-0.1, -0.05) is 42.5 Å². The monoisotopic (exact) mass is 335 g/mol. The first-order valence-corrected chi connectivity index (χ1v) is 7.83. The molecule has 5 heteroatoms. The van der Waals surface area contributed by atoms with Gasteiger partial charge in [-0.3, -0.25) is 4.79 Å². The number of phenolic OH excluding ortho intramolecular Hbond substituents is 1. The second kappa shape index (κ2) is 7.05. The van der Waals surface area contributed by atoms with Crippen LogP contribution in [0.5, 0.6) is 5.75 Å². The van der Waals surface area contributed by atoms with E-state index < -0.39 is 18.0 Å². The van der Waals surface area contributed by atoms with Crippen LogP contribution < -0.4 is 5.32 Å². The normalized spacial score (nSPS) is 11.7. The Kier molecular flexibility index (Phi) is 4.66. The number of phenols is 1. The predicted molar refractivity (Wildman–Crippen MR) is 95.6 cm³/mol. The second-order valence-electron chi connectivity index (χ2n) is 5.62. The molecule has 0 saturated carbocycles. The third-order valence-corrected chi connectivity index (χ3v) is 3.79. The van der Waals surface area contributed by atoms with E-state index in [4.69, 9.17) is 4.74 Å². The average Bonchev–Trinajstić information content (AvgIpc) is 2.61. The van der Waals surface area contributed by atoms with Gasteiger partial charge < -0.3 is 15.2 Å². The standard InChI is InChI=1S/C20H17NO4/c1-13(25-20(24)17-8-4-5-9-18(17)22)19(23)21-16-11-10-14-6-2-3-7-15(14)12-16/h2-13,22H,1H3,(H,21,23)/t13-/m1/s1. The second-order valence-corrected chi connectivity index (χ2v) is 5.62. The summed E-state index contributed by atoms with van der Waals surface area (Å²) >= 11 is 0. The van der Waals surface area contributed by atoms with Crippen LogP contribution in [0.2, 0.25) is 0 Å². The molecule has 0 fully saturated rings. The van der Waals surface area contributed by atoms with Crippen molar-refractivity contribution in [1.29, 1.82) is 0 Å². The Morgan fingerprint density at radius 3 is 2.40 bits per heavy atom. The molecule has 3 aromatic rings. The highest BCUT2D eigenvalue weighted by molar-refractivity contribution is 5.99. The molecule has 0 heterocycles. The van der Waals surface area contributed by atoms with E-state index >= 15 is 0 Å². The van der Waals surface area contributed by atoms with E-state index in [2.05, 4.69) is 5.32 Å². The number of fused-ring (bicyclic) bond motifs is 1. The Bertz CT molecular complexity index is 936. The lowest BCUT2D eigenvalue weighted by molar-refractivity contribution is -0.123. The molecule has 1 atom stereocenters. The zero-order chi connectivity index (χ0) is 17.8. The lowest BCUT2D eigenvalue weighted by Crippen LogP contribution is -2.30. The number of esters is 1. The molecule has 0 aromatic heterocycles. The van der Waals surface area contributed by atoms with Crippen molar-refractivity contribution in [3.05, 3.63) is 72.3 Å². The maximum atomic E-state index is 12.2. The third-order valence-electron chi connectivity index (χ3n) is 3.79. The summed E-state index contributed by atoms with van der Waals surface area (Å²) in [5.41, 5.74) is 0.641. The Morgan fingerprint density at radius 2 is 1.64 bits per heavy atom. The van der Waals surface area contributed by atoms with Gasteiger partial charge in [0, 0.05) is 5.69 Å². The number of benzene rings is 3. The third kappa shape index (κ3) is 3.77. The molecular weight excluding hydrogens is 318 g/mol. The van der Waals surface area contributed by atoms with Gasteiger partial charge in [-0.25, -0.2) is 4.79 Å². The quantitative estimate of drug-likeness (QED) is 0.712. The first-order chi connectivity index (χ1) is 12.0. The number of para-hydroxylation sites is 1. The molecule has 0 bridgehead atoms. The molecule has 25 heavy (non-hydrogen) atoms. The van der Waals surface area contributed by atoms with Gasteiger partial charge in [0.1, 0.15) is 11.3 Å². The number of carbonyl (C=O) groups is 2. The average molecular weight is 335 g/mol. The summed E-state index contributed by atoms with van der Waals surface area (Å²) in [6.07, 6.45) is -1.00. The number of aromatic hydroxyl groups is 1. The van der Waals surface area contributed by atoms with Crippen molar-refractivity contribution >= 4 is 28.3 Å². The number of anilines is 1. The summed E-state index contributed by atoms with van der Waals surface area (Å²) in [7, 11) is 0. The smallest absolute Gasteiger partial charge is 0.342 e. The van der Waals surface area contributed by atoms with Crippen LogP contribution in [-0.2, 0) is 9.53 Å². The summed E-state index contributed by atoms with van der Waals surface area (Å²) in [6, 6.07) is 19.4. The molecule has 0 aliphatic heterocycles.